The van der Waals surface area contributed by atoms with Gasteiger partial charge in [-0.25, -0.2) is 0 Å². The summed E-state index contributed by atoms with van der Waals surface area (Å²) in [6.07, 6.45) is 3.76. The first kappa shape index (κ1) is 18.5. The molecule has 24 heavy (non-hydrogen) atoms. The SMILES string of the molecule is CC(C)(C)NC(=O)c1cccc(NC(=O)C2CCCCC2(C)N)c1. The summed E-state index contributed by atoms with van der Waals surface area (Å²) in [5, 5.41) is 5.85. The van der Waals surface area contributed by atoms with Gasteiger partial charge in [0.2, 0.25) is 5.91 Å². The largest absolute Gasteiger partial charge is 0.347 e. The van der Waals surface area contributed by atoms with Crippen molar-refractivity contribution < 1.29 is 9.59 Å². The van der Waals surface area contributed by atoms with E-state index < -0.39 is 5.54 Å². The number of hydrogen-bond donors (Lipinski definition) is 3. The zero-order valence-corrected chi connectivity index (χ0v) is 15.1. The molecule has 0 bridgehead atoms. The predicted octanol–water partition coefficient (Wildman–Crippen LogP) is 3.06. The fourth-order valence-corrected chi connectivity index (χ4v) is 3.17. The van der Waals surface area contributed by atoms with Crippen molar-refractivity contribution in [2.45, 2.75) is 64.5 Å². The molecule has 0 heterocycles. The lowest BCUT2D eigenvalue weighted by molar-refractivity contribution is -0.122. The molecule has 2 amide bonds. The van der Waals surface area contributed by atoms with E-state index >= 15 is 0 Å². The summed E-state index contributed by atoms with van der Waals surface area (Å²) < 4.78 is 0. The molecule has 5 heteroatoms. The van der Waals surface area contributed by atoms with Gasteiger partial charge in [-0.3, -0.25) is 9.59 Å². The number of hydrogen-bond acceptors (Lipinski definition) is 3. The Labute approximate surface area is 144 Å². The fourth-order valence-electron chi connectivity index (χ4n) is 3.17. The molecule has 1 fully saturated rings. The molecule has 1 aliphatic rings. The van der Waals surface area contributed by atoms with Crippen molar-refractivity contribution >= 4 is 17.5 Å². The highest BCUT2D eigenvalue weighted by Gasteiger charge is 2.37. The molecule has 2 rings (SSSR count). The topological polar surface area (TPSA) is 84.2 Å². The van der Waals surface area contributed by atoms with Crippen LogP contribution in [-0.4, -0.2) is 22.9 Å². The summed E-state index contributed by atoms with van der Waals surface area (Å²) >= 11 is 0. The Hall–Kier alpha value is -1.88. The maximum Gasteiger partial charge on any atom is 0.251 e. The third-order valence-electron chi connectivity index (χ3n) is 4.45. The van der Waals surface area contributed by atoms with Crippen molar-refractivity contribution in [2.24, 2.45) is 11.7 Å². The van der Waals surface area contributed by atoms with E-state index in [1.807, 2.05) is 27.7 Å². The van der Waals surface area contributed by atoms with Crippen molar-refractivity contribution in [3.05, 3.63) is 29.8 Å². The number of nitrogens with two attached hydrogens (primary N) is 1. The molecule has 1 aromatic rings. The second-order valence-corrected chi connectivity index (χ2v) is 8.08. The molecular weight excluding hydrogens is 302 g/mol. The summed E-state index contributed by atoms with van der Waals surface area (Å²) in [6, 6.07) is 7.01. The van der Waals surface area contributed by atoms with Crippen LogP contribution in [0.25, 0.3) is 0 Å². The van der Waals surface area contributed by atoms with E-state index in [0.29, 0.717) is 11.3 Å². The molecule has 5 nitrogen and oxygen atoms in total. The van der Waals surface area contributed by atoms with Gasteiger partial charge in [-0.15, -0.1) is 0 Å². The number of carbonyl (C=O) groups excluding carboxylic acids is 2. The lowest BCUT2D eigenvalue weighted by atomic mass is 9.74. The Balaban J connectivity index is 2.09. The van der Waals surface area contributed by atoms with E-state index in [9.17, 15) is 9.59 Å². The summed E-state index contributed by atoms with van der Waals surface area (Å²) in [4.78, 5) is 24.9. The highest BCUT2D eigenvalue weighted by Crippen LogP contribution is 2.32. The molecule has 4 N–H and O–H groups in total. The third kappa shape index (κ3) is 4.81. The zero-order valence-electron chi connectivity index (χ0n) is 15.1. The molecule has 0 aromatic heterocycles. The summed E-state index contributed by atoms with van der Waals surface area (Å²) in [7, 11) is 0. The number of anilines is 1. The maximum absolute atomic E-state index is 12.6. The van der Waals surface area contributed by atoms with Crippen molar-refractivity contribution in [3.8, 4) is 0 Å². The first-order valence-corrected chi connectivity index (χ1v) is 8.61. The van der Waals surface area contributed by atoms with Crippen LogP contribution in [0, 0.1) is 5.92 Å². The minimum absolute atomic E-state index is 0.0620. The van der Waals surface area contributed by atoms with Gasteiger partial charge in [0, 0.05) is 22.3 Å². The highest BCUT2D eigenvalue weighted by molar-refractivity contribution is 5.98. The average Bonchev–Trinajstić information content (AvgIpc) is 2.45. The monoisotopic (exact) mass is 331 g/mol. The van der Waals surface area contributed by atoms with Crippen LogP contribution in [0.15, 0.2) is 24.3 Å². The van der Waals surface area contributed by atoms with E-state index in [1.54, 1.807) is 24.3 Å². The molecule has 0 aliphatic heterocycles. The minimum atomic E-state index is -0.469. The van der Waals surface area contributed by atoms with E-state index in [0.717, 1.165) is 25.7 Å². The second-order valence-electron chi connectivity index (χ2n) is 8.08. The van der Waals surface area contributed by atoms with Gasteiger partial charge in [0.05, 0.1) is 5.92 Å². The van der Waals surface area contributed by atoms with Gasteiger partial charge in [0.15, 0.2) is 0 Å². The predicted molar refractivity (Wildman–Crippen MR) is 96.8 cm³/mol. The first-order valence-electron chi connectivity index (χ1n) is 8.61. The molecule has 2 atom stereocenters. The molecule has 1 aromatic carbocycles. The van der Waals surface area contributed by atoms with Crippen LogP contribution in [0.2, 0.25) is 0 Å². The van der Waals surface area contributed by atoms with E-state index in [4.69, 9.17) is 5.73 Å². The van der Waals surface area contributed by atoms with Crippen LogP contribution >= 0.6 is 0 Å². The van der Waals surface area contributed by atoms with Crippen LogP contribution in [-0.2, 0) is 4.79 Å². The molecular formula is C19H29N3O2. The lowest BCUT2D eigenvalue weighted by Gasteiger charge is -2.37. The smallest absolute Gasteiger partial charge is 0.251 e. The van der Waals surface area contributed by atoms with Gasteiger partial charge in [0.1, 0.15) is 0 Å². The Morgan fingerprint density at radius 3 is 2.58 bits per heavy atom. The lowest BCUT2D eigenvalue weighted by Crippen LogP contribution is -2.51. The molecule has 0 radical (unpaired) electrons. The second kappa shape index (κ2) is 6.93. The van der Waals surface area contributed by atoms with Gasteiger partial charge in [-0.1, -0.05) is 18.9 Å². The van der Waals surface area contributed by atoms with Crippen molar-refractivity contribution in [1.29, 1.82) is 0 Å². The van der Waals surface area contributed by atoms with Gasteiger partial charge < -0.3 is 16.4 Å². The van der Waals surface area contributed by atoms with Gasteiger partial charge in [-0.2, -0.15) is 0 Å². The average molecular weight is 331 g/mol. The van der Waals surface area contributed by atoms with Crippen LogP contribution in [0.1, 0.15) is 63.7 Å². The number of benzene rings is 1. The zero-order chi connectivity index (χ0) is 18.0. The van der Waals surface area contributed by atoms with E-state index in [2.05, 4.69) is 10.6 Å². The molecule has 2 unspecified atom stereocenters. The Kier molecular flexibility index (Phi) is 5.33. The van der Waals surface area contributed by atoms with Crippen molar-refractivity contribution in [3.63, 3.8) is 0 Å². The summed E-state index contributed by atoms with van der Waals surface area (Å²) in [5.74, 6) is -0.411. The van der Waals surface area contributed by atoms with Gasteiger partial charge >= 0.3 is 0 Å². The highest BCUT2D eigenvalue weighted by atomic mass is 16.2. The Bertz CT molecular complexity index is 617. The normalized spacial score (nSPS) is 24.3. The number of nitrogens with one attached hydrogen (secondary N) is 2. The summed E-state index contributed by atoms with van der Waals surface area (Å²) in [6.45, 7) is 7.74. The van der Waals surface area contributed by atoms with E-state index in [1.165, 1.54) is 0 Å². The molecule has 1 saturated carbocycles. The Morgan fingerprint density at radius 1 is 1.25 bits per heavy atom. The van der Waals surface area contributed by atoms with Crippen LogP contribution < -0.4 is 16.4 Å². The standard InChI is InChI=1S/C19H29N3O2/c1-18(2,3)22-16(23)13-8-7-9-14(12-13)21-17(24)15-10-5-6-11-19(15,4)20/h7-9,12,15H,5-6,10-11,20H2,1-4H3,(H,21,24)(H,22,23). The quantitative estimate of drug-likeness (QED) is 0.796. The fraction of sp³-hybridized carbons (Fsp3) is 0.579. The number of carbonyl (C=O) groups is 2. The maximum atomic E-state index is 12.6. The Morgan fingerprint density at radius 2 is 1.96 bits per heavy atom. The van der Waals surface area contributed by atoms with Gasteiger partial charge in [-0.05, 0) is 58.7 Å². The molecule has 1 aliphatic carbocycles. The molecule has 0 saturated heterocycles. The number of rotatable bonds is 3. The molecule has 0 spiro atoms. The number of amides is 2. The first-order chi connectivity index (χ1) is 11.1. The van der Waals surface area contributed by atoms with E-state index in [-0.39, 0.29) is 23.3 Å². The summed E-state index contributed by atoms with van der Waals surface area (Å²) in [5.41, 5.74) is 6.68. The van der Waals surface area contributed by atoms with Crippen LogP contribution in [0.3, 0.4) is 0 Å². The van der Waals surface area contributed by atoms with Gasteiger partial charge in [0.25, 0.3) is 5.91 Å². The minimum Gasteiger partial charge on any atom is -0.347 e. The third-order valence-corrected chi connectivity index (χ3v) is 4.45. The van der Waals surface area contributed by atoms with Crippen molar-refractivity contribution in [1.82, 2.24) is 5.32 Å². The van der Waals surface area contributed by atoms with Crippen LogP contribution in [0.4, 0.5) is 5.69 Å². The van der Waals surface area contributed by atoms with Crippen molar-refractivity contribution in [2.75, 3.05) is 5.32 Å². The van der Waals surface area contributed by atoms with Crippen LogP contribution in [0.5, 0.6) is 0 Å². The molecule has 132 valence electrons.